The molecule has 9 heteroatoms. The zero-order valence-electron chi connectivity index (χ0n) is 10.6. The molecule has 6 nitrogen and oxygen atoms in total. The minimum absolute atomic E-state index is 0.00214. The van der Waals surface area contributed by atoms with Crippen LogP contribution >= 0.6 is 38.9 Å². The number of rotatable bonds is 4. The Morgan fingerprint density at radius 2 is 2.25 bits per heavy atom. The van der Waals surface area contributed by atoms with E-state index in [-0.39, 0.29) is 22.5 Å². The van der Waals surface area contributed by atoms with Crippen molar-refractivity contribution in [2.24, 2.45) is 0 Å². The van der Waals surface area contributed by atoms with Gasteiger partial charge in [-0.3, -0.25) is 10.1 Å². The first-order valence-corrected chi connectivity index (χ1v) is 7.56. The molecule has 0 fully saturated rings. The van der Waals surface area contributed by atoms with Crippen LogP contribution in [0.3, 0.4) is 0 Å². The van der Waals surface area contributed by atoms with Crippen LogP contribution in [-0.2, 0) is 6.54 Å². The van der Waals surface area contributed by atoms with Crippen LogP contribution in [0, 0.1) is 17.0 Å². The van der Waals surface area contributed by atoms with Gasteiger partial charge in [-0.25, -0.2) is 4.98 Å². The third-order valence-corrected chi connectivity index (χ3v) is 4.42. The van der Waals surface area contributed by atoms with Gasteiger partial charge in [-0.2, -0.15) is 4.98 Å². The van der Waals surface area contributed by atoms with Crippen LogP contribution in [0.25, 0.3) is 0 Å². The van der Waals surface area contributed by atoms with Gasteiger partial charge >= 0.3 is 5.69 Å². The van der Waals surface area contributed by atoms with E-state index in [1.807, 2.05) is 11.4 Å². The monoisotopic (exact) mass is 376 g/mol. The lowest BCUT2D eigenvalue weighted by Crippen LogP contribution is -2.19. The Balaban J connectivity index is 2.38. The Labute approximate surface area is 132 Å². The molecule has 0 saturated carbocycles. The quantitative estimate of drug-likeness (QED) is 0.460. The number of nitro groups is 1. The first-order chi connectivity index (χ1) is 9.38. The van der Waals surface area contributed by atoms with Crippen LogP contribution in [0.5, 0.6) is 0 Å². The minimum Gasteiger partial charge on any atom is -0.349 e. The Morgan fingerprint density at radius 3 is 2.80 bits per heavy atom. The van der Waals surface area contributed by atoms with Crippen molar-refractivity contribution in [1.82, 2.24) is 9.97 Å². The molecule has 0 amide bonds. The molecule has 2 heterocycles. The van der Waals surface area contributed by atoms with Crippen molar-refractivity contribution in [3.05, 3.63) is 41.9 Å². The van der Waals surface area contributed by atoms with Crippen LogP contribution in [-0.4, -0.2) is 21.9 Å². The van der Waals surface area contributed by atoms with Crippen molar-refractivity contribution < 1.29 is 4.92 Å². The minimum atomic E-state index is -0.484. The Hall–Kier alpha value is -1.25. The van der Waals surface area contributed by atoms with Gasteiger partial charge in [-0.05, 0) is 40.5 Å². The Kier molecular flexibility index (Phi) is 4.56. The lowest BCUT2D eigenvalue weighted by Gasteiger charge is -2.17. The highest BCUT2D eigenvalue weighted by Crippen LogP contribution is 2.31. The van der Waals surface area contributed by atoms with Crippen molar-refractivity contribution in [3.63, 3.8) is 0 Å². The van der Waals surface area contributed by atoms with Gasteiger partial charge in [0.2, 0.25) is 11.1 Å². The van der Waals surface area contributed by atoms with Crippen molar-refractivity contribution in [2.45, 2.75) is 13.5 Å². The maximum atomic E-state index is 11.2. The first kappa shape index (κ1) is 15.1. The molecule has 0 radical (unpaired) electrons. The predicted molar refractivity (Wildman–Crippen MR) is 82.6 cm³/mol. The number of nitrogens with zero attached hydrogens (tertiary/aromatic N) is 4. The fourth-order valence-corrected chi connectivity index (χ4v) is 3.45. The molecule has 106 valence electrons. The van der Waals surface area contributed by atoms with E-state index in [2.05, 4.69) is 25.9 Å². The summed E-state index contributed by atoms with van der Waals surface area (Å²) in [6.45, 7) is 2.05. The Bertz CT molecular complexity index is 664. The second-order valence-electron chi connectivity index (χ2n) is 4.09. The molecule has 0 bridgehead atoms. The lowest BCUT2D eigenvalue weighted by molar-refractivity contribution is -0.385. The molecule has 2 aromatic rings. The van der Waals surface area contributed by atoms with Gasteiger partial charge in [0, 0.05) is 21.8 Å². The van der Waals surface area contributed by atoms with Gasteiger partial charge in [0.15, 0.2) is 0 Å². The van der Waals surface area contributed by atoms with E-state index in [9.17, 15) is 10.1 Å². The molecule has 0 aromatic carbocycles. The third-order valence-electron chi connectivity index (χ3n) is 2.57. The molecule has 2 rings (SSSR count). The summed E-state index contributed by atoms with van der Waals surface area (Å²) in [4.78, 5) is 21.2. The number of anilines is 1. The number of aryl methyl sites for hydroxylation is 1. The van der Waals surface area contributed by atoms with Crippen LogP contribution in [0.15, 0.2) is 15.9 Å². The van der Waals surface area contributed by atoms with E-state index in [1.165, 1.54) is 0 Å². The van der Waals surface area contributed by atoms with E-state index in [1.54, 1.807) is 30.2 Å². The third kappa shape index (κ3) is 3.25. The molecule has 20 heavy (non-hydrogen) atoms. The van der Waals surface area contributed by atoms with Crippen LogP contribution in [0.4, 0.5) is 11.5 Å². The highest BCUT2D eigenvalue weighted by molar-refractivity contribution is 9.10. The molecule has 0 saturated heterocycles. The van der Waals surface area contributed by atoms with E-state index < -0.39 is 4.92 Å². The average molecular weight is 378 g/mol. The van der Waals surface area contributed by atoms with Gasteiger partial charge in [-0.15, -0.1) is 11.3 Å². The summed E-state index contributed by atoms with van der Waals surface area (Å²) >= 11 is 10.7. The molecule has 0 unspecified atom stereocenters. The van der Waals surface area contributed by atoms with Crippen molar-refractivity contribution in [3.8, 4) is 0 Å². The fourth-order valence-electron chi connectivity index (χ4n) is 1.74. The molecule has 0 N–H and O–H groups in total. The summed E-state index contributed by atoms with van der Waals surface area (Å²) in [6, 6.07) is 1.96. The predicted octanol–water partition coefficient (Wildman–Crippen LogP) is 3.81. The lowest BCUT2D eigenvalue weighted by atomic mass is 10.3. The fraction of sp³-hybridized carbons (Fsp3) is 0.273. The Morgan fingerprint density at radius 1 is 1.55 bits per heavy atom. The van der Waals surface area contributed by atoms with Gasteiger partial charge in [0.25, 0.3) is 0 Å². The molecule has 0 spiro atoms. The van der Waals surface area contributed by atoms with E-state index >= 15 is 0 Å². The van der Waals surface area contributed by atoms with Crippen molar-refractivity contribution in [1.29, 1.82) is 0 Å². The van der Waals surface area contributed by atoms with Crippen LogP contribution in [0.1, 0.15) is 10.6 Å². The summed E-state index contributed by atoms with van der Waals surface area (Å²) < 4.78 is 0.984. The molecule has 0 aliphatic rings. The first-order valence-electron chi connectivity index (χ1n) is 5.51. The van der Waals surface area contributed by atoms with E-state index in [4.69, 9.17) is 11.6 Å². The summed E-state index contributed by atoms with van der Waals surface area (Å²) in [5.41, 5.74) is 0.136. The molecular weight excluding hydrogens is 368 g/mol. The maximum absolute atomic E-state index is 11.2. The molecule has 0 aliphatic carbocycles. The summed E-state index contributed by atoms with van der Waals surface area (Å²) in [6.07, 6.45) is 0. The second-order valence-corrected chi connectivity index (χ2v) is 6.34. The number of halogens is 2. The number of hydrogen-bond acceptors (Lipinski definition) is 6. The topological polar surface area (TPSA) is 72.2 Å². The summed E-state index contributed by atoms with van der Waals surface area (Å²) in [7, 11) is 1.73. The van der Waals surface area contributed by atoms with E-state index in [0.29, 0.717) is 6.54 Å². The largest absolute Gasteiger partial charge is 0.349 e. The highest BCUT2D eigenvalue weighted by atomic mass is 79.9. The summed E-state index contributed by atoms with van der Waals surface area (Å²) in [5.74, 6) is 0.219. The highest BCUT2D eigenvalue weighted by Gasteiger charge is 2.24. The standard InChI is InChI=1S/C11H10BrClN4O2S/c1-6-9(17(18)19)10(15-11(13)14-6)16(2)4-8-3-7(12)5-20-8/h3,5H,4H2,1-2H3. The van der Waals surface area contributed by atoms with Gasteiger partial charge < -0.3 is 4.90 Å². The number of aromatic nitrogens is 2. The normalized spacial score (nSPS) is 10.6. The van der Waals surface area contributed by atoms with Crippen LogP contribution in [0.2, 0.25) is 5.28 Å². The van der Waals surface area contributed by atoms with Gasteiger partial charge in [0.05, 0.1) is 11.5 Å². The van der Waals surface area contributed by atoms with Crippen molar-refractivity contribution >= 4 is 50.4 Å². The SMILES string of the molecule is Cc1nc(Cl)nc(N(C)Cc2cc(Br)cs2)c1[N+](=O)[O-]. The maximum Gasteiger partial charge on any atom is 0.332 e. The van der Waals surface area contributed by atoms with E-state index in [0.717, 1.165) is 9.35 Å². The molecule has 0 aliphatic heterocycles. The number of hydrogen-bond donors (Lipinski definition) is 0. The van der Waals surface area contributed by atoms with Gasteiger partial charge in [0.1, 0.15) is 5.69 Å². The number of thiophene rings is 1. The average Bonchev–Trinajstić information content (AvgIpc) is 2.72. The zero-order chi connectivity index (χ0) is 14.9. The molecule has 2 aromatic heterocycles. The zero-order valence-corrected chi connectivity index (χ0v) is 13.8. The van der Waals surface area contributed by atoms with Crippen LogP contribution < -0.4 is 4.90 Å². The van der Waals surface area contributed by atoms with Gasteiger partial charge in [-0.1, -0.05) is 0 Å². The molecule has 0 atom stereocenters. The summed E-state index contributed by atoms with van der Waals surface area (Å²) in [5, 5.41) is 13.1. The second kappa shape index (κ2) is 6.02. The smallest absolute Gasteiger partial charge is 0.332 e. The van der Waals surface area contributed by atoms with Crippen molar-refractivity contribution in [2.75, 3.05) is 11.9 Å². The molecular formula is C11H10BrClN4O2S.